The van der Waals surface area contributed by atoms with E-state index in [-0.39, 0.29) is 12.3 Å². The lowest BCUT2D eigenvalue weighted by Crippen LogP contribution is -2.33. The van der Waals surface area contributed by atoms with Gasteiger partial charge in [0.15, 0.2) is 0 Å². The molecule has 0 amide bonds. The first-order valence-corrected chi connectivity index (χ1v) is 10.2. The van der Waals surface area contributed by atoms with Gasteiger partial charge >= 0.3 is 0 Å². The summed E-state index contributed by atoms with van der Waals surface area (Å²) in [6, 6.07) is 17.0. The van der Waals surface area contributed by atoms with Gasteiger partial charge in [0.25, 0.3) is 0 Å². The van der Waals surface area contributed by atoms with Gasteiger partial charge in [0, 0.05) is 12.0 Å². The first-order valence-electron chi connectivity index (χ1n) is 7.70. The van der Waals surface area contributed by atoms with E-state index in [0.29, 0.717) is 0 Å². The molecule has 1 aromatic carbocycles. The molecule has 2 atom stereocenters. The lowest BCUT2D eigenvalue weighted by Gasteiger charge is -2.37. The summed E-state index contributed by atoms with van der Waals surface area (Å²) >= 11 is 7.00. The van der Waals surface area contributed by atoms with Crippen LogP contribution in [-0.4, -0.2) is 10.7 Å². The van der Waals surface area contributed by atoms with Crippen LogP contribution in [0.1, 0.15) is 34.0 Å². The van der Waals surface area contributed by atoms with Crippen molar-refractivity contribution in [1.82, 2.24) is 5.01 Å². The van der Waals surface area contributed by atoms with Gasteiger partial charge in [-0.3, -0.25) is 0 Å². The van der Waals surface area contributed by atoms with E-state index in [1.165, 1.54) is 10.4 Å². The molecular weight excluding hydrogens is 404 g/mol. The number of hydrogen-bond acceptors (Lipinski definition) is 5. The number of hydrazone groups is 1. The highest BCUT2D eigenvalue weighted by Crippen LogP contribution is 2.48. The Kier molecular flexibility index (Phi) is 3.50. The van der Waals surface area contributed by atoms with Gasteiger partial charge in [-0.05, 0) is 45.6 Å². The third-order valence-corrected chi connectivity index (χ3v) is 6.92. The normalized spacial score (nSPS) is 21.9. The Morgan fingerprint density at radius 3 is 2.83 bits per heavy atom. The van der Waals surface area contributed by atoms with Crippen molar-refractivity contribution in [3.63, 3.8) is 0 Å². The molecule has 3 nitrogen and oxygen atoms in total. The Morgan fingerprint density at radius 1 is 1.12 bits per heavy atom. The second-order valence-corrected chi connectivity index (χ2v) is 9.22. The highest BCUT2D eigenvalue weighted by molar-refractivity contribution is 9.11. The van der Waals surface area contributed by atoms with Crippen LogP contribution in [0, 0.1) is 0 Å². The van der Waals surface area contributed by atoms with Crippen molar-refractivity contribution < 1.29 is 4.74 Å². The van der Waals surface area contributed by atoms with Crippen LogP contribution in [-0.2, 0) is 0 Å². The number of benzene rings is 1. The molecule has 24 heavy (non-hydrogen) atoms. The van der Waals surface area contributed by atoms with Crippen molar-refractivity contribution in [2.75, 3.05) is 0 Å². The summed E-state index contributed by atoms with van der Waals surface area (Å²) in [5.41, 5.74) is 2.37. The van der Waals surface area contributed by atoms with E-state index in [0.717, 1.165) is 26.5 Å². The van der Waals surface area contributed by atoms with Crippen molar-refractivity contribution in [2.45, 2.75) is 18.7 Å². The van der Waals surface area contributed by atoms with Crippen LogP contribution in [0.4, 0.5) is 0 Å². The highest BCUT2D eigenvalue weighted by Gasteiger charge is 2.41. The zero-order valence-corrected chi connectivity index (χ0v) is 15.8. The monoisotopic (exact) mass is 416 g/mol. The van der Waals surface area contributed by atoms with Crippen molar-refractivity contribution in [3.8, 4) is 5.75 Å². The molecule has 120 valence electrons. The fourth-order valence-corrected chi connectivity index (χ4v) is 5.44. The van der Waals surface area contributed by atoms with Gasteiger partial charge in [-0.25, -0.2) is 5.01 Å². The number of thiophene rings is 2. The van der Waals surface area contributed by atoms with Crippen LogP contribution in [0.5, 0.6) is 5.75 Å². The molecule has 0 saturated heterocycles. The molecular formula is C18H13BrN2OS2. The molecule has 2 aliphatic heterocycles. The van der Waals surface area contributed by atoms with Gasteiger partial charge in [0.1, 0.15) is 5.75 Å². The Bertz CT molecular complexity index is 919. The van der Waals surface area contributed by atoms with Crippen molar-refractivity contribution >= 4 is 44.3 Å². The maximum absolute atomic E-state index is 6.32. The van der Waals surface area contributed by atoms with Crippen LogP contribution >= 0.6 is 38.6 Å². The van der Waals surface area contributed by atoms with E-state index in [9.17, 15) is 0 Å². The summed E-state index contributed by atoms with van der Waals surface area (Å²) in [6.45, 7) is 0. The van der Waals surface area contributed by atoms with Crippen LogP contribution in [0.2, 0.25) is 0 Å². The largest absolute Gasteiger partial charge is 0.464 e. The number of hydrogen-bond donors (Lipinski definition) is 0. The van der Waals surface area contributed by atoms with Gasteiger partial charge in [-0.2, -0.15) is 5.10 Å². The number of rotatable bonds is 2. The fourth-order valence-electron chi connectivity index (χ4n) is 3.27. The summed E-state index contributed by atoms with van der Waals surface area (Å²) in [7, 11) is 0. The summed E-state index contributed by atoms with van der Waals surface area (Å²) in [5.74, 6) is 0.968. The highest BCUT2D eigenvalue weighted by atomic mass is 79.9. The predicted molar refractivity (Wildman–Crippen MR) is 102 cm³/mol. The van der Waals surface area contributed by atoms with Crippen LogP contribution in [0.25, 0.3) is 0 Å². The standard InChI is InChI=1S/C18H13BrN2OS2/c19-17-8-7-16(24-17)18-21-13(11-4-1-2-5-14(11)22-18)10-12(20-21)15-6-3-9-23-15/h1-9,13,18H,10H2/t13-,18-/m0/s1. The van der Waals surface area contributed by atoms with Crippen LogP contribution < -0.4 is 4.74 Å². The molecule has 6 heteroatoms. The molecule has 3 aromatic rings. The van der Waals surface area contributed by atoms with Crippen molar-refractivity contribution in [3.05, 3.63) is 73.0 Å². The molecule has 0 aliphatic carbocycles. The Balaban J connectivity index is 1.61. The molecule has 0 unspecified atom stereocenters. The minimum Gasteiger partial charge on any atom is -0.464 e. The quantitative estimate of drug-likeness (QED) is 0.525. The molecule has 4 heterocycles. The van der Waals surface area contributed by atoms with E-state index in [4.69, 9.17) is 9.84 Å². The number of nitrogens with zero attached hydrogens (tertiary/aromatic N) is 2. The van der Waals surface area contributed by atoms with Crippen LogP contribution in [0.15, 0.2) is 62.8 Å². The van der Waals surface area contributed by atoms with E-state index in [1.54, 1.807) is 22.7 Å². The van der Waals surface area contributed by atoms with E-state index < -0.39 is 0 Å². The summed E-state index contributed by atoms with van der Waals surface area (Å²) in [6.07, 6.45) is 0.753. The van der Waals surface area contributed by atoms with Gasteiger partial charge in [-0.1, -0.05) is 24.3 Å². The van der Waals surface area contributed by atoms with Gasteiger partial charge in [-0.15, -0.1) is 22.7 Å². The SMILES string of the molecule is Brc1ccc([C@@H]2Oc3ccccc3[C@@H]3CC(c4cccs4)=NN32)s1. The minimum absolute atomic E-state index is 0.168. The molecule has 0 spiro atoms. The second-order valence-electron chi connectivity index (χ2n) is 5.77. The van der Waals surface area contributed by atoms with E-state index >= 15 is 0 Å². The molecule has 5 rings (SSSR count). The van der Waals surface area contributed by atoms with E-state index in [1.807, 2.05) is 6.07 Å². The Hall–Kier alpha value is -1.63. The first-order chi connectivity index (χ1) is 11.8. The Labute approximate surface area is 156 Å². The molecule has 0 N–H and O–H groups in total. The van der Waals surface area contributed by atoms with Gasteiger partial charge in [0.05, 0.1) is 25.3 Å². The van der Waals surface area contributed by atoms with Crippen molar-refractivity contribution in [1.29, 1.82) is 0 Å². The lowest BCUT2D eigenvalue weighted by molar-refractivity contribution is -0.0165. The number of para-hydroxylation sites is 1. The topological polar surface area (TPSA) is 24.8 Å². The third-order valence-electron chi connectivity index (χ3n) is 4.34. The minimum atomic E-state index is -0.168. The molecule has 0 saturated carbocycles. The number of halogens is 1. The lowest BCUT2D eigenvalue weighted by atomic mass is 9.98. The van der Waals surface area contributed by atoms with Gasteiger partial charge < -0.3 is 4.74 Å². The molecule has 0 radical (unpaired) electrons. The first kappa shape index (κ1) is 14.7. The zero-order valence-electron chi connectivity index (χ0n) is 12.6. The predicted octanol–water partition coefficient (Wildman–Crippen LogP) is 5.81. The average Bonchev–Trinajstić information content (AvgIpc) is 3.34. The average molecular weight is 417 g/mol. The van der Waals surface area contributed by atoms with Gasteiger partial charge in [0.2, 0.25) is 6.23 Å². The van der Waals surface area contributed by atoms with Crippen molar-refractivity contribution in [2.24, 2.45) is 5.10 Å². The Morgan fingerprint density at radius 2 is 2.04 bits per heavy atom. The summed E-state index contributed by atoms with van der Waals surface area (Å²) in [5, 5.41) is 9.18. The number of fused-ring (bicyclic) bond motifs is 3. The third kappa shape index (κ3) is 2.32. The molecule has 0 fully saturated rings. The fraction of sp³-hybridized carbons (Fsp3) is 0.167. The van der Waals surface area contributed by atoms with E-state index in [2.05, 4.69) is 68.8 Å². The molecule has 2 aliphatic rings. The summed E-state index contributed by atoms with van der Waals surface area (Å²) in [4.78, 5) is 2.41. The van der Waals surface area contributed by atoms with Crippen LogP contribution in [0.3, 0.4) is 0 Å². The number of ether oxygens (including phenoxy) is 1. The zero-order chi connectivity index (χ0) is 16.1. The second kappa shape index (κ2) is 5.72. The molecule has 0 bridgehead atoms. The summed E-state index contributed by atoms with van der Waals surface area (Å²) < 4.78 is 7.43. The molecule has 2 aromatic heterocycles. The maximum atomic E-state index is 6.32. The maximum Gasteiger partial charge on any atom is 0.223 e. The smallest absolute Gasteiger partial charge is 0.223 e.